The molecule has 2 aromatic carbocycles. The van der Waals surface area contributed by atoms with Crippen molar-refractivity contribution >= 4 is 17.8 Å². The SMILES string of the molecule is CCOC(=O)/C(C#N)=N/OC(=O)OCC1c2ccccc2-c2ccccc21. The molecule has 0 aromatic heterocycles. The Balaban J connectivity index is 1.68. The average molecular weight is 364 g/mol. The van der Waals surface area contributed by atoms with Crippen LogP contribution in [0.15, 0.2) is 53.7 Å². The number of ether oxygens (including phenoxy) is 2. The molecule has 0 bridgehead atoms. The number of rotatable bonds is 5. The molecule has 0 radical (unpaired) electrons. The molecule has 0 saturated carbocycles. The van der Waals surface area contributed by atoms with Crippen molar-refractivity contribution in [1.82, 2.24) is 0 Å². The van der Waals surface area contributed by atoms with Crippen LogP contribution in [0.25, 0.3) is 11.1 Å². The van der Waals surface area contributed by atoms with Gasteiger partial charge in [0.15, 0.2) is 0 Å². The van der Waals surface area contributed by atoms with E-state index in [-0.39, 0.29) is 19.1 Å². The molecule has 136 valence electrons. The minimum Gasteiger partial charge on any atom is -0.461 e. The molecular weight excluding hydrogens is 348 g/mol. The molecule has 0 amide bonds. The van der Waals surface area contributed by atoms with Gasteiger partial charge >= 0.3 is 12.1 Å². The largest absolute Gasteiger partial charge is 0.535 e. The highest BCUT2D eigenvalue weighted by Crippen LogP contribution is 2.44. The fourth-order valence-electron chi connectivity index (χ4n) is 3.00. The van der Waals surface area contributed by atoms with Gasteiger partial charge in [-0.2, -0.15) is 5.26 Å². The number of carbonyl (C=O) groups excluding carboxylic acids is 2. The van der Waals surface area contributed by atoms with Crippen LogP contribution in [0.4, 0.5) is 4.79 Å². The summed E-state index contributed by atoms with van der Waals surface area (Å²) in [4.78, 5) is 27.7. The second-order valence-corrected chi connectivity index (χ2v) is 5.65. The first-order chi connectivity index (χ1) is 13.2. The van der Waals surface area contributed by atoms with Gasteiger partial charge in [-0.3, -0.25) is 4.84 Å². The van der Waals surface area contributed by atoms with Crippen LogP contribution in [0.5, 0.6) is 0 Å². The zero-order chi connectivity index (χ0) is 19.2. The molecule has 0 spiro atoms. The Kier molecular flexibility index (Phi) is 5.47. The Morgan fingerprint density at radius 2 is 1.63 bits per heavy atom. The maximum atomic E-state index is 11.8. The maximum Gasteiger partial charge on any atom is 0.535 e. The quantitative estimate of drug-likeness (QED) is 0.349. The Morgan fingerprint density at radius 3 is 2.19 bits per heavy atom. The summed E-state index contributed by atoms with van der Waals surface area (Å²) in [7, 11) is 0. The zero-order valence-corrected chi connectivity index (χ0v) is 14.5. The van der Waals surface area contributed by atoms with Gasteiger partial charge in [0.25, 0.3) is 5.71 Å². The highest BCUT2D eigenvalue weighted by Gasteiger charge is 2.29. The summed E-state index contributed by atoms with van der Waals surface area (Å²) in [5.41, 5.74) is 3.65. The Bertz CT molecular complexity index is 900. The van der Waals surface area contributed by atoms with E-state index in [0.717, 1.165) is 22.3 Å². The lowest BCUT2D eigenvalue weighted by molar-refractivity contribution is -0.135. The highest BCUT2D eigenvalue weighted by atomic mass is 16.8. The van der Waals surface area contributed by atoms with Gasteiger partial charge in [-0.25, -0.2) is 9.59 Å². The minimum atomic E-state index is -1.10. The predicted octanol–water partition coefficient (Wildman–Crippen LogP) is 3.39. The monoisotopic (exact) mass is 364 g/mol. The van der Waals surface area contributed by atoms with Crippen molar-refractivity contribution in [3.63, 3.8) is 0 Å². The second-order valence-electron chi connectivity index (χ2n) is 5.65. The smallest absolute Gasteiger partial charge is 0.461 e. The van der Waals surface area contributed by atoms with Gasteiger partial charge in [-0.05, 0) is 29.2 Å². The van der Waals surface area contributed by atoms with Crippen LogP contribution in [0.2, 0.25) is 0 Å². The van der Waals surface area contributed by atoms with Gasteiger partial charge in [0, 0.05) is 5.92 Å². The molecule has 7 nitrogen and oxygen atoms in total. The van der Waals surface area contributed by atoms with Crippen LogP contribution in [0.3, 0.4) is 0 Å². The number of nitrogens with zero attached hydrogens (tertiary/aromatic N) is 2. The van der Waals surface area contributed by atoms with E-state index in [2.05, 4.69) is 14.7 Å². The summed E-state index contributed by atoms with van der Waals surface area (Å²) >= 11 is 0. The number of hydrogen-bond acceptors (Lipinski definition) is 7. The number of hydrogen-bond donors (Lipinski definition) is 0. The molecule has 0 atom stereocenters. The van der Waals surface area contributed by atoms with E-state index >= 15 is 0 Å². The standard InChI is InChI=1S/C20H16N2O5/c1-2-25-19(23)18(11-21)22-27-20(24)26-12-17-15-9-5-3-7-13(15)14-8-4-6-10-16(14)17/h3-10,17H,2,12H2,1H3/b22-18+. The van der Waals surface area contributed by atoms with E-state index in [4.69, 9.17) is 10.00 Å². The Morgan fingerprint density at radius 1 is 1.04 bits per heavy atom. The molecule has 0 unspecified atom stereocenters. The lowest BCUT2D eigenvalue weighted by Gasteiger charge is -2.12. The van der Waals surface area contributed by atoms with Gasteiger partial charge in [-0.15, -0.1) is 0 Å². The van der Waals surface area contributed by atoms with Gasteiger partial charge in [0.1, 0.15) is 12.7 Å². The molecule has 2 aromatic rings. The van der Waals surface area contributed by atoms with Crippen molar-refractivity contribution in [3.8, 4) is 17.2 Å². The van der Waals surface area contributed by atoms with E-state index < -0.39 is 17.8 Å². The van der Waals surface area contributed by atoms with Crippen LogP contribution in [0, 0.1) is 11.3 Å². The first-order valence-corrected chi connectivity index (χ1v) is 8.33. The van der Waals surface area contributed by atoms with Crippen molar-refractivity contribution in [2.75, 3.05) is 13.2 Å². The van der Waals surface area contributed by atoms with Gasteiger partial charge in [0.05, 0.1) is 6.61 Å². The first-order valence-electron chi connectivity index (χ1n) is 8.33. The van der Waals surface area contributed by atoms with E-state index in [1.54, 1.807) is 6.92 Å². The summed E-state index contributed by atoms with van der Waals surface area (Å²) < 4.78 is 9.77. The molecule has 7 heteroatoms. The van der Waals surface area contributed by atoms with Crippen molar-refractivity contribution in [2.24, 2.45) is 5.16 Å². The van der Waals surface area contributed by atoms with E-state index in [9.17, 15) is 9.59 Å². The van der Waals surface area contributed by atoms with Crippen molar-refractivity contribution in [3.05, 3.63) is 59.7 Å². The third-order valence-electron chi connectivity index (χ3n) is 4.12. The van der Waals surface area contributed by atoms with Crippen LogP contribution < -0.4 is 0 Å². The van der Waals surface area contributed by atoms with Gasteiger partial charge < -0.3 is 9.47 Å². The van der Waals surface area contributed by atoms with Crippen LogP contribution in [-0.4, -0.2) is 31.1 Å². The fraction of sp³-hybridized carbons (Fsp3) is 0.200. The number of fused-ring (bicyclic) bond motifs is 3. The third-order valence-corrected chi connectivity index (χ3v) is 4.12. The number of nitriles is 1. The number of benzene rings is 2. The van der Waals surface area contributed by atoms with Gasteiger partial charge in [0.2, 0.25) is 0 Å². The first kappa shape index (κ1) is 18.1. The second kappa shape index (κ2) is 8.15. The molecule has 0 aliphatic heterocycles. The van der Waals surface area contributed by atoms with E-state index in [0.29, 0.717) is 0 Å². The zero-order valence-electron chi connectivity index (χ0n) is 14.5. The molecule has 1 aliphatic rings. The molecule has 0 fully saturated rings. The lowest BCUT2D eigenvalue weighted by atomic mass is 9.98. The Labute approximate surface area is 155 Å². The summed E-state index contributed by atoms with van der Waals surface area (Å²) in [5, 5.41) is 12.0. The van der Waals surface area contributed by atoms with Crippen LogP contribution >= 0.6 is 0 Å². The lowest BCUT2D eigenvalue weighted by Crippen LogP contribution is -2.18. The van der Waals surface area contributed by atoms with Crippen molar-refractivity contribution in [1.29, 1.82) is 5.26 Å². The summed E-state index contributed by atoms with van der Waals surface area (Å²) in [6.45, 7) is 1.70. The highest BCUT2D eigenvalue weighted by molar-refractivity contribution is 6.42. The summed E-state index contributed by atoms with van der Waals surface area (Å²) in [6, 6.07) is 17.3. The minimum absolute atomic E-state index is 0.0453. The number of oxime groups is 1. The van der Waals surface area contributed by atoms with E-state index in [1.165, 1.54) is 6.07 Å². The number of esters is 1. The third kappa shape index (κ3) is 3.80. The van der Waals surface area contributed by atoms with Crippen LogP contribution in [0.1, 0.15) is 24.0 Å². The molecule has 0 N–H and O–H groups in total. The summed E-state index contributed by atoms with van der Waals surface area (Å²) in [6.07, 6.45) is -1.10. The average Bonchev–Trinajstić information content (AvgIpc) is 3.01. The molecule has 1 aliphatic carbocycles. The van der Waals surface area contributed by atoms with Gasteiger partial charge in [-0.1, -0.05) is 53.7 Å². The van der Waals surface area contributed by atoms with Crippen molar-refractivity contribution < 1.29 is 23.9 Å². The fourth-order valence-corrected chi connectivity index (χ4v) is 3.00. The molecule has 0 heterocycles. The molecule has 3 rings (SSSR count). The molecular formula is C20H16N2O5. The van der Waals surface area contributed by atoms with E-state index in [1.807, 2.05) is 48.5 Å². The topological polar surface area (TPSA) is 98.0 Å². The van der Waals surface area contributed by atoms with Crippen molar-refractivity contribution in [2.45, 2.75) is 12.8 Å². The normalized spacial score (nSPS) is 12.5. The predicted molar refractivity (Wildman–Crippen MR) is 95.8 cm³/mol. The van der Waals surface area contributed by atoms with Crippen LogP contribution in [-0.2, 0) is 19.1 Å². The summed E-state index contributed by atoms with van der Waals surface area (Å²) in [5.74, 6) is -1.10. The maximum absolute atomic E-state index is 11.8. The molecule has 27 heavy (non-hydrogen) atoms. The Hall–Kier alpha value is -3.66. The number of carbonyl (C=O) groups is 2. The molecule has 0 saturated heterocycles.